The Kier molecular flexibility index (Phi) is 4.38. The van der Waals surface area contributed by atoms with Crippen molar-refractivity contribution in [3.63, 3.8) is 0 Å². The number of piperidine rings is 1. The monoisotopic (exact) mass is 341 g/mol. The van der Waals surface area contributed by atoms with Crippen molar-refractivity contribution in [3.8, 4) is 0 Å². The van der Waals surface area contributed by atoms with Crippen molar-refractivity contribution in [1.29, 1.82) is 0 Å². The van der Waals surface area contributed by atoms with Gasteiger partial charge in [-0.05, 0) is 37.4 Å². The summed E-state index contributed by atoms with van der Waals surface area (Å²) >= 11 is 6.87. The minimum absolute atomic E-state index is 0.0273. The quantitative estimate of drug-likeness (QED) is 0.574. The standard InChI is InChI=1S/C21H24ClNO/c1-23-18-12-13-21(23,22)15-19(14-18)24-20(16-8-4-2-5-9-16)17-10-6-3-7-11-17/h2-11,18-20H,12-15H2,1H3/t18-,19+,21+/m0/s1. The normalized spacial score (nSPS) is 30.0. The van der Waals surface area contributed by atoms with Gasteiger partial charge in [-0.3, -0.25) is 4.90 Å². The molecule has 3 heteroatoms. The van der Waals surface area contributed by atoms with Gasteiger partial charge in [0.2, 0.25) is 0 Å². The van der Waals surface area contributed by atoms with Crippen LogP contribution in [0.5, 0.6) is 0 Å². The summed E-state index contributed by atoms with van der Waals surface area (Å²) in [6.45, 7) is 0. The molecule has 0 aromatic heterocycles. The van der Waals surface area contributed by atoms with Gasteiger partial charge in [-0.15, -0.1) is 11.6 Å². The lowest BCUT2D eigenvalue weighted by Crippen LogP contribution is -2.49. The Balaban J connectivity index is 1.59. The predicted octanol–water partition coefficient (Wildman–Crippen LogP) is 4.98. The van der Waals surface area contributed by atoms with Crippen LogP contribution in [0.4, 0.5) is 0 Å². The van der Waals surface area contributed by atoms with Crippen molar-refractivity contribution in [2.45, 2.75) is 48.9 Å². The molecule has 0 amide bonds. The van der Waals surface area contributed by atoms with Gasteiger partial charge in [0.25, 0.3) is 0 Å². The van der Waals surface area contributed by atoms with Crippen LogP contribution in [0.1, 0.15) is 42.9 Å². The summed E-state index contributed by atoms with van der Waals surface area (Å²) in [6.07, 6.45) is 4.40. The molecule has 0 saturated carbocycles. The third kappa shape index (κ3) is 2.99. The largest absolute Gasteiger partial charge is 0.365 e. The van der Waals surface area contributed by atoms with E-state index in [1.807, 2.05) is 0 Å². The number of ether oxygens (including phenoxy) is 1. The lowest BCUT2D eigenvalue weighted by molar-refractivity contribution is -0.0505. The summed E-state index contributed by atoms with van der Waals surface area (Å²) in [5, 5.41) is 0. The number of rotatable bonds is 4. The fourth-order valence-electron chi connectivity index (χ4n) is 4.24. The molecule has 2 aliphatic rings. The fourth-order valence-corrected chi connectivity index (χ4v) is 4.66. The first kappa shape index (κ1) is 16.1. The van der Waals surface area contributed by atoms with Crippen molar-refractivity contribution >= 4 is 11.6 Å². The molecule has 0 N–H and O–H groups in total. The summed E-state index contributed by atoms with van der Waals surface area (Å²) in [5.41, 5.74) is 2.41. The average molecular weight is 342 g/mol. The maximum Gasteiger partial charge on any atom is 0.108 e. The lowest BCUT2D eigenvalue weighted by Gasteiger charge is -2.42. The molecule has 2 aliphatic heterocycles. The highest BCUT2D eigenvalue weighted by atomic mass is 35.5. The van der Waals surface area contributed by atoms with E-state index in [0.717, 1.165) is 19.3 Å². The van der Waals surface area contributed by atoms with Crippen molar-refractivity contribution in [1.82, 2.24) is 4.90 Å². The lowest BCUT2D eigenvalue weighted by atomic mass is 9.97. The van der Waals surface area contributed by atoms with E-state index in [0.29, 0.717) is 6.04 Å². The molecule has 2 fully saturated rings. The number of fused-ring (bicyclic) bond motifs is 2. The Hall–Kier alpha value is -1.35. The Labute approximate surface area is 149 Å². The molecule has 0 aliphatic carbocycles. The third-order valence-corrected chi connectivity index (χ3v) is 6.26. The van der Waals surface area contributed by atoms with Gasteiger partial charge in [-0.25, -0.2) is 0 Å². The van der Waals surface area contributed by atoms with Crippen LogP contribution in [-0.4, -0.2) is 29.1 Å². The molecule has 0 radical (unpaired) electrons. The maximum absolute atomic E-state index is 6.87. The van der Waals surface area contributed by atoms with E-state index >= 15 is 0 Å². The van der Waals surface area contributed by atoms with Gasteiger partial charge in [-0.1, -0.05) is 60.7 Å². The van der Waals surface area contributed by atoms with Crippen LogP contribution in [0.3, 0.4) is 0 Å². The van der Waals surface area contributed by atoms with Gasteiger partial charge < -0.3 is 4.74 Å². The molecule has 0 spiro atoms. The molecule has 2 saturated heterocycles. The number of hydrogen-bond donors (Lipinski definition) is 0. The van der Waals surface area contributed by atoms with Gasteiger partial charge >= 0.3 is 0 Å². The smallest absolute Gasteiger partial charge is 0.108 e. The summed E-state index contributed by atoms with van der Waals surface area (Å²) in [5.74, 6) is 0. The fraction of sp³-hybridized carbons (Fsp3) is 0.429. The van der Waals surface area contributed by atoms with Crippen molar-refractivity contribution in [2.75, 3.05) is 7.05 Å². The summed E-state index contributed by atoms with van der Waals surface area (Å²) in [7, 11) is 2.16. The minimum atomic E-state index is -0.217. The first-order valence-electron chi connectivity index (χ1n) is 8.83. The highest BCUT2D eigenvalue weighted by Gasteiger charge is 2.49. The van der Waals surface area contributed by atoms with E-state index in [4.69, 9.17) is 16.3 Å². The molecule has 24 heavy (non-hydrogen) atoms. The van der Waals surface area contributed by atoms with E-state index < -0.39 is 0 Å². The topological polar surface area (TPSA) is 12.5 Å². The van der Waals surface area contributed by atoms with E-state index in [1.54, 1.807) is 0 Å². The Bertz CT molecular complexity index is 637. The van der Waals surface area contributed by atoms with Crippen LogP contribution in [0.2, 0.25) is 0 Å². The molecular weight excluding hydrogens is 318 g/mol. The van der Waals surface area contributed by atoms with Crippen LogP contribution >= 0.6 is 11.6 Å². The van der Waals surface area contributed by atoms with E-state index in [9.17, 15) is 0 Å². The van der Waals surface area contributed by atoms with Crippen LogP contribution in [0, 0.1) is 0 Å². The molecular formula is C21H24ClNO. The van der Waals surface area contributed by atoms with Crippen molar-refractivity contribution < 1.29 is 4.74 Å². The van der Waals surface area contributed by atoms with Gasteiger partial charge in [0.15, 0.2) is 0 Å². The number of halogens is 1. The van der Waals surface area contributed by atoms with Crippen molar-refractivity contribution in [3.05, 3.63) is 71.8 Å². The zero-order valence-electron chi connectivity index (χ0n) is 14.1. The van der Waals surface area contributed by atoms with Crippen LogP contribution in [0.15, 0.2) is 60.7 Å². The van der Waals surface area contributed by atoms with E-state index in [2.05, 4.69) is 72.6 Å². The van der Waals surface area contributed by atoms with Crippen LogP contribution in [0.25, 0.3) is 0 Å². The summed E-state index contributed by atoms with van der Waals surface area (Å²) in [4.78, 5) is 2.14. The minimum Gasteiger partial charge on any atom is -0.365 e. The Morgan fingerprint density at radius 1 is 1.04 bits per heavy atom. The summed E-state index contributed by atoms with van der Waals surface area (Å²) < 4.78 is 6.65. The van der Waals surface area contributed by atoms with Gasteiger partial charge in [0, 0.05) is 12.5 Å². The van der Waals surface area contributed by atoms with Crippen LogP contribution in [-0.2, 0) is 4.74 Å². The highest BCUT2D eigenvalue weighted by Crippen LogP contribution is 2.47. The predicted molar refractivity (Wildman–Crippen MR) is 98.2 cm³/mol. The zero-order chi connectivity index (χ0) is 16.6. The van der Waals surface area contributed by atoms with E-state index in [1.165, 1.54) is 17.5 Å². The molecule has 2 nitrogen and oxygen atoms in total. The number of alkyl halides is 1. The Morgan fingerprint density at radius 2 is 1.62 bits per heavy atom. The third-order valence-electron chi connectivity index (χ3n) is 5.65. The van der Waals surface area contributed by atoms with E-state index in [-0.39, 0.29) is 17.2 Å². The van der Waals surface area contributed by atoms with Gasteiger partial charge in [0.05, 0.1) is 11.1 Å². The number of nitrogens with zero attached hydrogens (tertiary/aromatic N) is 1. The molecule has 4 rings (SSSR count). The highest BCUT2D eigenvalue weighted by molar-refractivity contribution is 6.23. The second kappa shape index (κ2) is 6.51. The van der Waals surface area contributed by atoms with Crippen molar-refractivity contribution in [2.24, 2.45) is 0 Å². The molecule has 2 aromatic carbocycles. The molecule has 3 atom stereocenters. The second-order valence-electron chi connectivity index (χ2n) is 7.12. The molecule has 2 aromatic rings. The molecule has 2 heterocycles. The summed E-state index contributed by atoms with van der Waals surface area (Å²) in [6, 6.07) is 21.6. The first-order chi connectivity index (χ1) is 11.7. The average Bonchev–Trinajstić information content (AvgIpc) is 2.79. The maximum atomic E-state index is 6.87. The van der Waals surface area contributed by atoms with Gasteiger partial charge in [0.1, 0.15) is 6.10 Å². The number of benzene rings is 2. The van der Waals surface area contributed by atoms with Crippen LogP contribution < -0.4 is 0 Å². The van der Waals surface area contributed by atoms with Gasteiger partial charge in [-0.2, -0.15) is 0 Å². The Morgan fingerprint density at radius 3 is 2.17 bits per heavy atom. The molecule has 126 valence electrons. The molecule has 2 bridgehead atoms. The number of hydrogen-bond acceptors (Lipinski definition) is 2. The SMILES string of the molecule is CN1[C@H]2CC[C@]1(Cl)C[C@H](OC(c1ccccc1)c1ccccc1)C2. The first-order valence-corrected chi connectivity index (χ1v) is 9.21. The second-order valence-corrected chi connectivity index (χ2v) is 7.82. The zero-order valence-corrected chi connectivity index (χ0v) is 14.8. The molecule has 0 unspecified atom stereocenters.